The smallest absolute Gasteiger partial charge is 0.355 e. The van der Waals surface area contributed by atoms with Crippen molar-refractivity contribution >= 4 is 11.6 Å². The lowest BCUT2D eigenvalue weighted by atomic mass is 9.90. The first-order valence-corrected chi connectivity index (χ1v) is 9.60. The third kappa shape index (κ3) is 5.12. The number of hydrogen-bond donors (Lipinski definition) is 0. The van der Waals surface area contributed by atoms with Crippen molar-refractivity contribution < 1.29 is 18.0 Å². The minimum absolute atomic E-state index is 0.229. The molecule has 1 fully saturated rings. The van der Waals surface area contributed by atoms with E-state index in [-0.39, 0.29) is 5.78 Å². The predicted molar refractivity (Wildman–Crippen MR) is 103 cm³/mol. The van der Waals surface area contributed by atoms with E-state index in [1.807, 2.05) is 4.90 Å². The van der Waals surface area contributed by atoms with Crippen LogP contribution >= 0.6 is 0 Å². The molecule has 1 aromatic heterocycles. The van der Waals surface area contributed by atoms with Gasteiger partial charge in [-0.2, -0.15) is 13.2 Å². The third-order valence-corrected chi connectivity index (χ3v) is 5.24. The van der Waals surface area contributed by atoms with Crippen LogP contribution in [0.1, 0.15) is 49.4 Å². The number of ketones is 1. The van der Waals surface area contributed by atoms with Gasteiger partial charge in [-0.3, -0.25) is 0 Å². The van der Waals surface area contributed by atoms with E-state index >= 15 is 0 Å². The lowest BCUT2D eigenvalue weighted by Gasteiger charge is -2.40. The zero-order chi connectivity index (χ0) is 20.3. The number of Topliss-reactive ketones (excluding diaryl/α,β-unsaturated/α-hetero) is 1. The molecule has 1 saturated heterocycles. The van der Waals surface area contributed by atoms with Gasteiger partial charge in [0, 0.05) is 25.4 Å². The van der Waals surface area contributed by atoms with Gasteiger partial charge in [-0.25, -0.2) is 4.98 Å². The fraction of sp³-hybridized carbons (Fsp3) is 0.455. The van der Waals surface area contributed by atoms with Crippen LogP contribution in [-0.2, 0) is 17.4 Å². The molecule has 1 atom stereocenters. The lowest BCUT2D eigenvalue weighted by molar-refractivity contribution is -0.141. The van der Waals surface area contributed by atoms with E-state index in [2.05, 4.69) is 36.2 Å². The number of anilines is 1. The molecule has 0 N–H and O–H groups in total. The van der Waals surface area contributed by atoms with Gasteiger partial charge in [-0.05, 0) is 48.9 Å². The molecule has 6 heteroatoms. The highest BCUT2D eigenvalue weighted by Gasteiger charge is 2.34. The summed E-state index contributed by atoms with van der Waals surface area (Å²) in [5.74, 6) is 1.30. The minimum atomic E-state index is -4.42. The van der Waals surface area contributed by atoms with Gasteiger partial charge < -0.3 is 9.69 Å². The van der Waals surface area contributed by atoms with Crippen LogP contribution in [0.15, 0.2) is 42.5 Å². The van der Waals surface area contributed by atoms with Crippen molar-refractivity contribution in [1.82, 2.24) is 4.98 Å². The maximum Gasteiger partial charge on any atom is 0.433 e. The van der Waals surface area contributed by atoms with Gasteiger partial charge in [0.25, 0.3) is 0 Å². The molecule has 0 bridgehead atoms. The highest BCUT2D eigenvalue weighted by atomic mass is 19.4. The summed E-state index contributed by atoms with van der Waals surface area (Å²) in [5, 5.41) is 0. The monoisotopic (exact) mass is 390 g/mol. The first-order valence-electron chi connectivity index (χ1n) is 9.60. The van der Waals surface area contributed by atoms with Crippen molar-refractivity contribution in [2.75, 3.05) is 18.0 Å². The molecule has 1 unspecified atom stereocenters. The number of carbonyl (C=O) groups is 1. The van der Waals surface area contributed by atoms with Crippen molar-refractivity contribution in [1.29, 1.82) is 0 Å². The highest BCUT2D eigenvalue weighted by Crippen LogP contribution is 2.33. The van der Waals surface area contributed by atoms with E-state index < -0.39 is 11.9 Å². The Bertz CT molecular complexity index is 811. The van der Waals surface area contributed by atoms with Crippen LogP contribution in [0.3, 0.4) is 0 Å². The molecule has 0 spiro atoms. The standard InChI is InChI=1S/C22H25F3N2O/c1-15(12-16(2)28)6-7-17-8-10-18(11-9-17)19-13-27(14-19)21-5-3-4-20(26-21)22(23,24)25/h3-5,8-11,15,19H,6-7,12-14H2,1-2H3. The molecule has 2 aromatic rings. The van der Waals surface area contributed by atoms with Gasteiger partial charge in [0.15, 0.2) is 0 Å². The topological polar surface area (TPSA) is 33.2 Å². The summed E-state index contributed by atoms with van der Waals surface area (Å²) >= 11 is 0. The van der Waals surface area contributed by atoms with Crippen LogP contribution < -0.4 is 4.90 Å². The quantitative estimate of drug-likeness (QED) is 0.647. The normalized spacial score (nSPS) is 16.0. The number of pyridine rings is 1. The average Bonchev–Trinajstić information content (AvgIpc) is 2.59. The molecule has 1 aliphatic rings. The molecule has 0 aliphatic carbocycles. The van der Waals surface area contributed by atoms with Gasteiger partial charge in [-0.1, -0.05) is 37.3 Å². The molecular weight excluding hydrogens is 365 g/mol. The van der Waals surface area contributed by atoms with Crippen molar-refractivity contribution in [3.63, 3.8) is 0 Å². The van der Waals surface area contributed by atoms with Gasteiger partial charge in [0.1, 0.15) is 17.3 Å². The Morgan fingerprint density at radius 2 is 1.86 bits per heavy atom. The summed E-state index contributed by atoms with van der Waals surface area (Å²) in [4.78, 5) is 16.8. The summed E-state index contributed by atoms with van der Waals surface area (Å²) in [6.07, 6.45) is -1.87. The fourth-order valence-corrected chi connectivity index (χ4v) is 3.60. The first kappa shape index (κ1) is 20.4. The summed E-state index contributed by atoms with van der Waals surface area (Å²) < 4.78 is 38.4. The molecule has 0 amide bonds. The highest BCUT2D eigenvalue weighted by molar-refractivity contribution is 5.75. The van der Waals surface area contributed by atoms with Crippen LogP contribution in [0.4, 0.5) is 19.0 Å². The number of carbonyl (C=O) groups excluding carboxylic acids is 1. The van der Waals surface area contributed by atoms with Gasteiger partial charge in [0.2, 0.25) is 0 Å². The number of aryl methyl sites for hydroxylation is 1. The number of aromatic nitrogens is 1. The maximum absolute atomic E-state index is 12.8. The van der Waals surface area contributed by atoms with Crippen LogP contribution in [0, 0.1) is 5.92 Å². The van der Waals surface area contributed by atoms with Crippen molar-refractivity contribution in [3.05, 3.63) is 59.3 Å². The lowest BCUT2D eigenvalue weighted by Crippen LogP contribution is -2.45. The molecule has 1 aromatic carbocycles. The van der Waals surface area contributed by atoms with Crippen molar-refractivity contribution in [2.45, 2.75) is 45.2 Å². The average molecular weight is 390 g/mol. The van der Waals surface area contributed by atoms with E-state index in [4.69, 9.17) is 0 Å². The molecular formula is C22H25F3N2O. The van der Waals surface area contributed by atoms with Crippen LogP contribution in [-0.4, -0.2) is 23.9 Å². The molecule has 0 radical (unpaired) electrons. The molecule has 150 valence electrons. The zero-order valence-electron chi connectivity index (χ0n) is 16.2. The minimum Gasteiger partial charge on any atom is -0.355 e. The van der Waals surface area contributed by atoms with E-state index in [1.165, 1.54) is 17.2 Å². The predicted octanol–water partition coefficient (Wildman–Crippen LogP) is 5.25. The Kier molecular flexibility index (Phi) is 6.06. The summed E-state index contributed by atoms with van der Waals surface area (Å²) in [7, 11) is 0. The Morgan fingerprint density at radius 1 is 1.18 bits per heavy atom. The second kappa shape index (κ2) is 8.33. The SMILES string of the molecule is CC(=O)CC(C)CCc1ccc(C2CN(c3cccc(C(F)(F)F)n3)C2)cc1. The van der Waals surface area contributed by atoms with Crippen LogP contribution in [0.2, 0.25) is 0 Å². The van der Waals surface area contributed by atoms with E-state index in [0.29, 0.717) is 37.2 Å². The van der Waals surface area contributed by atoms with Gasteiger partial charge in [-0.15, -0.1) is 0 Å². The van der Waals surface area contributed by atoms with E-state index in [0.717, 1.165) is 18.9 Å². The van der Waals surface area contributed by atoms with E-state index in [9.17, 15) is 18.0 Å². The van der Waals surface area contributed by atoms with Crippen molar-refractivity contribution in [2.24, 2.45) is 5.92 Å². The molecule has 0 saturated carbocycles. The van der Waals surface area contributed by atoms with Crippen LogP contribution in [0.25, 0.3) is 0 Å². The van der Waals surface area contributed by atoms with Gasteiger partial charge in [0.05, 0.1) is 0 Å². The number of benzene rings is 1. The number of rotatable bonds is 7. The third-order valence-electron chi connectivity index (χ3n) is 5.24. The molecule has 2 heterocycles. The molecule has 3 nitrogen and oxygen atoms in total. The Balaban J connectivity index is 1.53. The largest absolute Gasteiger partial charge is 0.433 e. The number of hydrogen-bond acceptors (Lipinski definition) is 3. The Labute approximate surface area is 163 Å². The van der Waals surface area contributed by atoms with Gasteiger partial charge >= 0.3 is 6.18 Å². The molecule has 28 heavy (non-hydrogen) atoms. The number of halogens is 3. The second-order valence-electron chi connectivity index (χ2n) is 7.77. The van der Waals surface area contributed by atoms with Crippen LogP contribution in [0.5, 0.6) is 0 Å². The molecule has 1 aliphatic heterocycles. The molecule has 3 rings (SSSR count). The number of nitrogens with zero attached hydrogens (tertiary/aromatic N) is 2. The summed E-state index contributed by atoms with van der Waals surface area (Å²) in [5.41, 5.74) is 1.59. The Morgan fingerprint density at radius 3 is 2.46 bits per heavy atom. The fourth-order valence-electron chi connectivity index (χ4n) is 3.60. The first-order chi connectivity index (χ1) is 13.2. The zero-order valence-corrected chi connectivity index (χ0v) is 16.2. The Hall–Kier alpha value is -2.37. The number of alkyl halides is 3. The summed E-state index contributed by atoms with van der Waals surface area (Å²) in [6, 6.07) is 12.5. The second-order valence-corrected chi connectivity index (χ2v) is 7.77. The maximum atomic E-state index is 12.8. The summed E-state index contributed by atoms with van der Waals surface area (Å²) in [6.45, 7) is 5.06. The van der Waals surface area contributed by atoms with Crippen molar-refractivity contribution in [3.8, 4) is 0 Å². The van der Waals surface area contributed by atoms with E-state index in [1.54, 1.807) is 13.0 Å².